The van der Waals surface area contributed by atoms with E-state index in [1.807, 2.05) is 11.4 Å². The third kappa shape index (κ3) is 3.41. The van der Waals surface area contributed by atoms with Gasteiger partial charge in [-0.3, -0.25) is 4.79 Å². The van der Waals surface area contributed by atoms with Gasteiger partial charge in [0.15, 0.2) is 0 Å². The number of rotatable bonds is 4. The monoisotopic (exact) mass is 317 g/mol. The molecule has 0 saturated carbocycles. The Morgan fingerprint density at radius 3 is 2.91 bits per heavy atom. The first kappa shape index (κ1) is 14.9. The van der Waals surface area contributed by atoms with E-state index < -0.39 is 0 Å². The highest BCUT2D eigenvalue weighted by Gasteiger charge is 2.22. The Morgan fingerprint density at radius 1 is 1.41 bits per heavy atom. The van der Waals surface area contributed by atoms with E-state index in [1.165, 1.54) is 11.5 Å². The second kappa shape index (κ2) is 6.83. The Morgan fingerprint density at radius 2 is 2.23 bits per heavy atom. The fraction of sp³-hybridized carbons (Fsp3) is 0.467. The van der Waals surface area contributed by atoms with Gasteiger partial charge in [0.2, 0.25) is 0 Å². The summed E-state index contributed by atoms with van der Waals surface area (Å²) in [6.07, 6.45) is 4.38. The highest BCUT2D eigenvalue weighted by atomic mass is 32.1. The maximum Gasteiger partial charge on any atom is 0.271 e. The number of nitrogens with zero attached hydrogens (tertiary/aromatic N) is 4. The smallest absolute Gasteiger partial charge is 0.271 e. The van der Waals surface area contributed by atoms with Gasteiger partial charge in [0.25, 0.3) is 5.91 Å². The van der Waals surface area contributed by atoms with Crippen LogP contribution in [0.4, 0.5) is 5.82 Å². The topological polar surface area (TPSA) is 71.0 Å². The summed E-state index contributed by atoms with van der Waals surface area (Å²) in [7, 11) is 0. The number of amides is 1. The first-order valence-electron chi connectivity index (χ1n) is 7.53. The molecule has 1 fully saturated rings. The lowest BCUT2D eigenvalue weighted by atomic mass is 10.0. The van der Waals surface area contributed by atoms with Gasteiger partial charge in [-0.15, -0.1) is 0 Å². The van der Waals surface area contributed by atoms with Gasteiger partial charge in [-0.25, -0.2) is 9.97 Å². The van der Waals surface area contributed by atoms with Crippen molar-refractivity contribution in [2.75, 3.05) is 18.0 Å². The molecule has 116 valence electrons. The van der Waals surface area contributed by atoms with Gasteiger partial charge in [0.05, 0.1) is 0 Å². The van der Waals surface area contributed by atoms with Gasteiger partial charge in [-0.05, 0) is 36.9 Å². The Balaban J connectivity index is 1.55. The lowest BCUT2D eigenvalue weighted by Crippen LogP contribution is -2.45. The summed E-state index contributed by atoms with van der Waals surface area (Å²) < 4.78 is 4.07. The first-order valence-corrected chi connectivity index (χ1v) is 8.37. The highest BCUT2D eigenvalue weighted by molar-refractivity contribution is 7.03. The minimum absolute atomic E-state index is 0.0741. The van der Waals surface area contributed by atoms with Gasteiger partial charge < -0.3 is 10.2 Å². The Hall–Kier alpha value is -2.02. The van der Waals surface area contributed by atoms with Crippen molar-refractivity contribution in [3.8, 4) is 0 Å². The third-order valence-electron chi connectivity index (χ3n) is 3.90. The molecule has 3 rings (SSSR count). The summed E-state index contributed by atoms with van der Waals surface area (Å²) >= 11 is 1.30. The van der Waals surface area contributed by atoms with E-state index in [-0.39, 0.29) is 11.9 Å². The molecular weight excluding hydrogens is 298 g/mol. The van der Waals surface area contributed by atoms with Crippen LogP contribution in [0.25, 0.3) is 0 Å². The molecule has 1 aliphatic rings. The molecule has 1 saturated heterocycles. The average Bonchev–Trinajstić information content (AvgIpc) is 3.10. The van der Waals surface area contributed by atoms with Crippen molar-refractivity contribution in [3.05, 3.63) is 35.2 Å². The summed E-state index contributed by atoms with van der Waals surface area (Å²) in [6, 6.07) is 4.01. The van der Waals surface area contributed by atoms with Crippen LogP contribution in [0.2, 0.25) is 0 Å². The van der Waals surface area contributed by atoms with Crippen LogP contribution in [-0.4, -0.2) is 39.4 Å². The molecule has 0 atom stereocenters. The molecule has 0 aromatic carbocycles. The maximum absolute atomic E-state index is 12.0. The third-order valence-corrected chi connectivity index (χ3v) is 4.46. The maximum atomic E-state index is 12.0. The predicted octanol–water partition coefficient (Wildman–Crippen LogP) is 1.89. The van der Waals surface area contributed by atoms with Gasteiger partial charge in [0.1, 0.15) is 17.8 Å². The van der Waals surface area contributed by atoms with Crippen LogP contribution < -0.4 is 10.2 Å². The zero-order valence-electron chi connectivity index (χ0n) is 12.5. The molecule has 3 heterocycles. The fourth-order valence-corrected chi connectivity index (χ4v) is 3.10. The largest absolute Gasteiger partial charge is 0.356 e. The van der Waals surface area contributed by atoms with E-state index in [0.717, 1.165) is 43.9 Å². The minimum Gasteiger partial charge on any atom is -0.356 e. The molecule has 0 aliphatic carbocycles. The fourth-order valence-electron chi connectivity index (χ4n) is 2.59. The van der Waals surface area contributed by atoms with Crippen LogP contribution in [0.3, 0.4) is 0 Å². The van der Waals surface area contributed by atoms with Gasteiger partial charge in [0, 0.05) is 36.3 Å². The quantitative estimate of drug-likeness (QED) is 0.932. The number of nitrogens with one attached hydrogen (secondary N) is 1. The molecule has 2 aromatic rings. The van der Waals surface area contributed by atoms with Crippen LogP contribution in [0.1, 0.15) is 35.9 Å². The Bertz CT molecular complexity index is 623. The van der Waals surface area contributed by atoms with Crippen LogP contribution >= 0.6 is 11.5 Å². The van der Waals surface area contributed by atoms with Gasteiger partial charge in [-0.2, -0.15) is 4.37 Å². The van der Waals surface area contributed by atoms with E-state index >= 15 is 0 Å². The van der Waals surface area contributed by atoms with Crippen molar-refractivity contribution < 1.29 is 4.79 Å². The average molecular weight is 317 g/mol. The van der Waals surface area contributed by atoms with Crippen molar-refractivity contribution in [1.29, 1.82) is 0 Å². The van der Waals surface area contributed by atoms with Crippen molar-refractivity contribution >= 4 is 23.3 Å². The van der Waals surface area contributed by atoms with Crippen molar-refractivity contribution in [3.63, 3.8) is 0 Å². The molecule has 7 heteroatoms. The molecule has 1 aliphatic heterocycles. The lowest BCUT2D eigenvalue weighted by Gasteiger charge is -2.33. The second-order valence-corrected chi connectivity index (χ2v) is 6.01. The standard InChI is InChI=1S/C15H19N5OS/c1-2-11-9-14(17-10-16-11)20-6-3-12(4-7-20)18-15(21)13-5-8-22-19-13/h5,8-10,12H,2-4,6-7H2,1H3,(H,18,21). The summed E-state index contributed by atoms with van der Waals surface area (Å²) in [5.74, 6) is 0.908. The molecule has 0 spiro atoms. The highest BCUT2D eigenvalue weighted by Crippen LogP contribution is 2.18. The molecule has 0 bridgehead atoms. The lowest BCUT2D eigenvalue weighted by molar-refractivity contribution is 0.0927. The summed E-state index contributed by atoms with van der Waals surface area (Å²) in [5.41, 5.74) is 1.57. The molecule has 22 heavy (non-hydrogen) atoms. The summed E-state index contributed by atoms with van der Waals surface area (Å²) in [6.45, 7) is 3.87. The summed E-state index contributed by atoms with van der Waals surface area (Å²) in [5, 5.41) is 4.88. The van der Waals surface area contributed by atoms with Crippen LogP contribution in [0.15, 0.2) is 23.8 Å². The minimum atomic E-state index is -0.0741. The van der Waals surface area contributed by atoms with E-state index in [1.54, 1.807) is 12.4 Å². The number of carbonyl (C=O) groups excluding carboxylic acids is 1. The van der Waals surface area contributed by atoms with Crippen LogP contribution in [-0.2, 0) is 6.42 Å². The van der Waals surface area contributed by atoms with E-state index in [0.29, 0.717) is 5.69 Å². The van der Waals surface area contributed by atoms with E-state index in [9.17, 15) is 4.79 Å². The second-order valence-electron chi connectivity index (χ2n) is 5.34. The SMILES string of the molecule is CCc1cc(N2CCC(NC(=O)c3ccsn3)CC2)ncn1. The van der Waals surface area contributed by atoms with Gasteiger partial charge >= 0.3 is 0 Å². The van der Waals surface area contributed by atoms with Crippen molar-refractivity contribution in [1.82, 2.24) is 19.7 Å². The number of carbonyl (C=O) groups is 1. The van der Waals surface area contributed by atoms with E-state index in [2.05, 4.69) is 31.5 Å². The predicted molar refractivity (Wildman–Crippen MR) is 86.2 cm³/mol. The number of hydrogen-bond donors (Lipinski definition) is 1. The van der Waals surface area contributed by atoms with Crippen molar-refractivity contribution in [2.24, 2.45) is 0 Å². The number of hydrogen-bond acceptors (Lipinski definition) is 6. The van der Waals surface area contributed by atoms with Crippen LogP contribution in [0.5, 0.6) is 0 Å². The Kier molecular flexibility index (Phi) is 4.62. The molecule has 1 N–H and O–H groups in total. The number of piperidine rings is 1. The molecule has 6 nitrogen and oxygen atoms in total. The molecule has 0 unspecified atom stereocenters. The number of anilines is 1. The Labute approximate surface area is 133 Å². The van der Waals surface area contributed by atoms with E-state index in [4.69, 9.17) is 0 Å². The molecule has 2 aromatic heterocycles. The zero-order chi connectivity index (χ0) is 15.4. The number of aromatic nitrogens is 3. The van der Waals surface area contributed by atoms with Gasteiger partial charge in [-0.1, -0.05) is 6.92 Å². The van der Waals surface area contributed by atoms with Crippen molar-refractivity contribution in [2.45, 2.75) is 32.2 Å². The molecular formula is C15H19N5OS. The number of aryl methyl sites for hydroxylation is 1. The van der Waals surface area contributed by atoms with Crippen LogP contribution in [0, 0.1) is 0 Å². The molecule has 0 radical (unpaired) electrons. The summed E-state index contributed by atoms with van der Waals surface area (Å²) in [4.78, 5) is 22.9. The molecule has 1 amide bonds. The normalized spacial score (nSPS) is 15.8. The zero-order valence-corrected chi connectivity index (χ0v) is 13.3. The first-order chi connectivity index (χ1) is 10.8.